The Bertz CT molecular complexity index is 441. The number of hydrogen-bond donors (Lipinski definition) is 1. The topological polar surface area (TPSA) is 80.3 Å². The molecule has 1 saturated heterocycles. The molecule has 2 unspecified atom stereocenters. The van der Waals surface area contributed by atoms with E-state index < -0.39 is 19.7 Å². The zero-order chi connectivity index (χ0) is 13.1. The van der Waals surface area contributed by atoms with Crippen molar-refractivity contribution in [1.82, 2.24) is 5.32 Å². The van der Waals surface area contributed by atoms with Crippen LogP contribution in [-0.2, 0) is 19.7 Å². The van der Waals surface area contributed by atoms with Gasteiger partial charge in [0.15, 0.2) is 9.84 Å². The van der Waals surface area contributed by atoms with Crippen molar-refractivity contribution in [1.29, 1.82) is 0 Å². The Kier molecular flexibility index (Phi) is 4.97. The summed E-state index contributed by atoms with van der Waals surface area (Å²) in [6.45, 7) is 0. The molecule has 17 heavy (non-hydrogen) atoms. The van der Waals surface area contributed by atoms with E-state index >= 15 is 0 Å². The Labute approximate surface area is 104 Å². The zero-order valence-electron chi connectivity index (χ0n) is 10.3. The third-order valence-corrected chi connectivity index (χ3v) is 6.00. The van der Waals surface area contributed by atoms with E-state index in [1.807, 2.05) is 0 Å². The van der Waals surface area contributed by atoms with Gasteiger partial charge in [-0.1, -0.05) is 0 Å². The zero-order valence-corrected chi connectivity index (χ0v) is 12.0. The van der Waals surface area contributed by atoms with E-state index in [9.17, 15) is 16.8 Å². The van der Waals surface area contributed by atoms with Gasteiger partial charge in [-0.05, 0) is 32.2 Å². The highest BCUT2D eigenvalue weighted by Crippen LogP contribution is 2.23. The summed E-state index contributed by atoms with van der Waals surface area (Å²) in [7, 11) is -3.99. The molecule has 1 aliphatic rings. The average Bonchev–Trinajstić information content (AvgIpc) is 2.51. The normalized spacial score (nSPS) is 25.9. The molecule has 0 aromatic carbocycles. The summed E-state index contributed by atoms with van der Waals surface area (Å²) in [6, 6.07) is 0.0861. The lowest BCUT2D eigenvalue weighted by Crippen LogP contribution is -2.30. The second-order valence-corrected chi connectivity index (χ2v) is 9.40. The third kappa shape index (κ3) is 5.83. The number of nitrogens with one attached hydrogen (secondary N) is 1. The quantitative estimate of drug-likeness (QED) is 0.732. The lowest BCUT2D eigenvalue weighted by atomic mass is 9.98. The first kappa shape index (κ1) is 14.9. The minimum atomic E-state index is -2.94. The van der Waals surface area contributed by atoms with Crippen molar-refractivity contribution >= 4 is 19.7 Å². The van der Waals surface area contributed by atoms with E-state index in [0.29, 0.717) is 12.8 Å². The van der Waals surface area contributed by atoms with E-state index in [1.54, 1.807) is 7.05 Å². The van der Waals surface area contributed by atoms with Crippen LogP contribution in [0.3, 0.4) is 0 Å². The fraction of sp³-hybridized carbons (Fsp3) is 1.00. The summed E-state index contributed by atoms with van der Waals surface area (Å²) in [5.41, 5.74) is 0. The molecule has 5 nitrogen and oxygen atoms in total. The fourth-order valence-electron chi connectivity index (χ4n) is 2.20. The molecule has 2 atom stereocenters. The van der Waals surface area contributed by atoms with Gasteiger partial charge in [-0.2, -0.15) is 0 Å². The summed E-state index contributed by atoms with van der Waals surface area (Å²) in [5, 5.41) is 3.07. The van der Waals surface area contributed by atoms with Crippen LogP contribution < -0.4 is 5.32 Å². The van der Waals surface area contributed by atoms with Gasteiger partial charge in [-0.3, -0.25) is 0 Å². The Hall–Kier alpha value is -0.140. The highest BCUT2D eigenvalue weighted by atomic mass is 32.2. The molecule has 7 heteroatoms. The predicted molar refractivity (Wildman–Crippen MR) is 68.6 cm³/mol. The molecule has 0 bridgehead atoms. The average molecular weight is 283 g/mol. The monoisotopic (exact) mass is 283 g/mol. The smallest absolute Gasteiger partial charge is 0.150 e. The van der Waals surface area contributed by atoms with Gasteiger partial charge in [0, 0.05) is 12.3 Å². The fourth-order valence-corrected chi connectivity index (χ4v) is 4.79. The maximum Gasteiger partial charge on any atom is 0.150 e. The first-order chi connectivity index (χ1) is 7.72. The molecular weight excluding hydrogens is 262 g/mol. The molecule has 1 fully saturated rings. The number of hydrogen-bond acceptors (Lipinski definition) is 5. The molecule has 102 valence electrons. The first-order valence-corrected chi connectivity index (χ1v) is 9.65. The van der Waals surface area contributed by atoms with Crippen LogP contribution in [0.25, 0.3) is 0 Å². The Morgan fingerprint density at radius 1 is 1.41 bits per heavy atom. The van der Waals surface area contributed by atoms with E-state index in [-0.39, 0.29) is 29.2 Å². The molecule has 1 N–H and O–H groups in total. The number of sulfone groups is 2. The summed E-state index contributed by atoms with van der Waals surface area (Å²) in [5.74, 6) is 0.861. The van der Waals surface area contributed by atoms with Crippen LogP contribution in [0.2, 0.25) is 0 Å². The maximum absolute atomic E-state index is 11.3. The van der Waals surface area contributed by atoms with Crippen LogP contribution in [0.15, 0.2) is 0 Å². The molecule has 0 spiro atoms. The van der Waals surface area contributed by atoms with Crippen molar-refractivity contribution in [2.45, 2.75) is 25.3 Å². The molecule has 0 radical (unpaired) electrons. The standard InChI is InChI=1S/C10H21NO4S2/c1-11-10(4-5-16(2,12)13)7-9-3-6-17(14,15)8-9/h9-11H,3-8H2,1-2H3. The lowest BCUT2D eigenvalue weighted by molar-refractivity contribution is 0.417. The second kappa shape index (κ2) is 5.67. The molecule has 0 amide bonds. The van der Waals surface area contributed by atoms with E-state index in [4.69, 9.17) is 0 Å². The molecule has 0 aliphatic carbocycles. The van der Waals surface area contributed by atoms with Gasteiger partial charge in [-0.15, -0.1) is 0 Å². The van der Waals surface area contributed by atoms with Gasteiger partial charge < -0.3 is 5.32 Å². The Balaban J connectivity index is 2.43. The van der Waals surface area contributed by atoms with Crippen molar-refractivity contribution in [3.63, 3.8) is 0 Å². The van der Waals surface area contributed by atoms with Crippen LogP contribution in [0.1, 0.15) is 19.3 Å². The van der Waals surface area contributed by atoms with E-state index in [0.717, 1.165) is 6.42 Å². The van der Waals surface area contributed by atoms with Gasteiger partial charge in [-0.25, -0.2) is 16.8 Å². The third-order valence-electron chi connectivity index (χ3n) is 3.19. The maximum atomic E-state index is 11.3. The summed E-state index contributed by atoms with van der Waals surface area (Å²) in [6.07, 6.45) is 3.22. The van der Waals surface area contributed by atoms with Gasteiger partial charge in [0.2, 0.25) is 0 Å². The van der Waals surface area contributed by atoms with Crippen molar-refractivity contribution in [3.8, 4) is 0 Å². The Morgan fingerprint density at radius 3 is 2.47 bits per heavy atom. The SMILES string of the molecule is CNC(CCS(C)(=O)=O)CC1CCS(=O)(=O)C1. The minimum Gasteiger partial charge on any atom is -0.317 e. The summed E-state index contributed by atoms with van der Waals surface area (Å²) < 4.78 is 44.8. The highest BCUT2D eigenvalue weighted by molar-refractivity contribution is 7.91. The lowest BCUT2D eigenvalue weighted by Gasteiger charge is -2.18. The molecule has 0 saturated carbocycles. The second-order valence-electron chi connectivity index (χ2n) is 4.91. The van der Waals surface area contributed by atoms with Gasteiger partial charge >= 0.3 is 0 Å². The van der Waals surface area contributed by atoms with Gasteiger partial charge in [0.25, 0.3) is 0 Å². The molecule has 0 aromatic heterocycles. The minimum absolute atomic E-state index is 0.0861. The molecule has 0 aromatic rings. The molecule has 1 aliphatic heterocycles. The summed E-state index contributed by atoms with van der Waals surface area (Å²) in [4.78, 5) is 0. The van der Waals surface area contributed by atoms with E-state index in [2.05, 4.69) is 5.32 Å². The molecular formula is C10H21NO4S2. The Morgan fingerprint density at radius 2 is 2.06 bits per heavy atom. The van der Waals surface area contributed by atoms with Crippen LogP contribution in [0.5, 0.6) is 0 Å². The van der Waals surface area contributed by atoms with Crippen LogP contribution >= 0.6 is 0 Å². The summed E-state index contributed by atoms with van der Waals surface area (Å²) >= 11 is 0. The van der Waals surface area contributed by atoms with Crippen LogP contribution in [0, 0.1) is 5.92 Å². The first-order valence-electron chi connectivity index (χ1n) is 5.77. The van der Waals surface area contributed by atoms with Gasteiger partial charge in [0.1, 0.15) is 9.84 Å². The van der Waals surface area contributed by atoms with Crippen molar-refractivity contribution in [2.24, 2.45) is 5.92 Å². The van der Waals surface area contributed by atoms with Gasteiger partial charge in [0.05, 0.1) is 17.3 Å². The largest absolute Gasteiger partial charge is 0.317 e. The van der Waals surface area contributed by atoms with Crippen molar-refractivity contribution in [3.05, 3.63) is 0 Å². The number of rotatable bonds is 6. The van der Waals surface area contributed by atoms with Crippen LogP contribution in [0.4, 0.5) is 0 Å². The predicted octanol–water partition coefficient (Wildman–Crippen LogP) is -0.166. The molecule has 1 rings (SSSR count). The van der Waals surface area contributed by atoms with Crippen molar-refractivity contribution < 1.29 is 16.8 Å². The highest BCUT2D eigenvalue weighted by Gasteiger charge is 2.29. The van der Waals surface area contributed by atoms with Crippen molar-refractivity contribution in [2.75, 3.05) is 30.6 Å². The van der Waals surface area contributed by atoms with Crippen LogP contribution in [-0.4, -0.2) is 53.4 Å². The molecule has 1 heterocycles. The van der Waals surface area contributed by atoms with E-state index in [1.165, 1.54) is 6.26 Å².